The van der Waals surface area contributed by atoms with Gasteiger partial charge in [-0.2, -0.15) is 5.26 Å². The highest BCUT2D eigenvalue weighted by atomic mass is 32.1. The van der Waals surface area contributed by atoms with Crippen LogP contribution in [0.4, 0.5) is 5.69 Å². The molecule has 0 radical (unpaired) electrons. The summed E-state index contributed by atoms with van der Waals surface area (Å²) < 4.78 is 0. The molecule has 1 fully saturated rings. The zero-order valence-electron chi connectivity index (χ0n) is 11.6. The van der Waals surface area contributed by atoms with Crippen molar-refractivity contribution in [3.63, 3.8) is 0 Å². The van der Waals surface area contributed by atoms with Crippen LogP contribution in [0.1, 0.15) is 48.8 Å². The van der Waals surface area contributed by atoms with Crippen LogP contribution in [-0.2, 0) is 5.41 Å². The standard InChI is InChI=1S/C16H18N2S2/c1-16(7-3-2-4-8-16)15-13(11-6-5-9-19-11)14(18)12(10-17)20-15/h5-6,9H,2-4,7-8,18H2,1H3. The van der Waals surface area contributed by atoms with Crippen LogP contribution in [-0.4, -0.2) is 0 Å². The zero-order chi connectivity index (χ0) is 14.2. The van der Waals surface area contributed by atoms with Gasteiger partial charge in [-0.1, -0.05) is 32.3 Å². The van der Waals surface area contributed by atoms with Crippen LogP contribution < -0.4 is 5.73 Å². The third-order valence-corrected chi connectivity index (χ3v) is 6.62. The minimum absolute atomic E-state index is 0.186. The Morgan fingerprint density at radius 1 is 1.30 bits per heavy atom. The summed E-state index contributed by atoms with van der Waals surface area (Å²) in [5.74, 6) is 0. The average Bonchev–Trinajstić information content (AvgIpc) is 3.06. The lowest BCUT2D eigenvalue weighted by molar-refractivity contribution is 0.326. The molecular formula is C16H18N2S2. The van der Waals surface area contributed by atoms with Crippen molar-refractivity contribution in [3.05, 3.63) is 27.3 Å². The van der Waals surface area contributed by atoms with E-state index in [-0.39, 0.29) is 5.41 Å². The third kappa shape index (κ3) is 2.15. The molecule has 0 unspecified atom stereocenters. The molecule has 0 bridgehead atoms. The smallest absolute Gasteiger partial charge is 0.128 e. The van der Waals surface area contributed by atoms with Crippen LogP contribution in [0.5, 0.6) is 0 Å². The van der Waals surface area contributed by atoms with Crippen molar-refractivity contribution in [1.82, 2.24) is 0 Å². The highest BCUT2D eigenvalue weighted by molar-refractivity contribution is 7.16. The molecule has 0 atom stereocenters. The van der Waals surface area contributed by atoms with E-state index >= 15 is 0 Å². The number of rotatable bonds is 2. The van der Waals surface area contributed by atoms with Crippen molar-refractivity contribution in [1.29, 1.82) is 5.26 Å². The van der Waals surface area contributed by atoms with Crippen LogP contribution >= 0.6 is 22.7 Å². The Morgan fingerprint density at radius 2 is 2.05 bits per heavy atom. The molecule has 104 valence electrons. The first-order chi connectivity index (χ1) is 9.65. The predicted octanol–water partition coefficient (Wildman–Crippen LogP) is 5.15. The molecule has 2 nitrogen and oxygen atoms in total. The van der Waals surface area contributed by atoms with E-state index in [2.05, 4.69) is 30.5 Å². The summed E-state index contributed by atoms with van der Waals surface area (Å²) in [5, 5.41) is 11.4. The second kappa shape index (κ2) is 5.23. The predicted molar refractivity (Wildman–Crippen MR) is 87.2 cm³/mol. The van der Waals surface area contributed by atoms with Crippen molar-refractivity contribution in [2.75, 3.05) is 5.73 Å². The fraction of sp³-hybridized carbons (Fsp3) is 0.438. The molecule has 0 amide bonds. The first kappa shape index (κ1) is 13.7. The molecule has 1 aliphatic carbocycles. The molecule has 2 aromatic heterocycles. The van der Waals surface area contributed by atoms with E-state index in [1.807, 2.05) is 0 Å². The zero-order valence-corrected chi connectivity index (χ0v) is 13.2. The van der Waals surface area contributed by atoms with Gasteiger partial charge in [-0.25, -0.2) is 0 Å². The summed E-state index contributed by atoms with van der Waals surface area (Å²) >= 11 is 3.32. The molecule has 0 aromatic carbocycles. The summed E-state index contributed by atoms with van der Waals surface area (Å²) in [6.45, 7) is 2.34. The van der Waals surface area contributed by atoms with Gasteiger partial charge in [0.05, 0.1) is 5.69 Å². The highest BCUT2D eigenvalue weighted by Crippen LogP contribution is 2.50. The SMILES string of the molecule is CC1(c2sc(C#N)c(N)c2-c2cccs2)CCCCC1. The van der Waals surface area contributed by atoms with Crippen LogP contribution in [0, 0.1) is 11.3 Å². The van der Waals surface area contributed by atoms with Gasteiger partial charge in [0.2, 0.25) is 0 Å². The first-order valence-corrected chi connectivity index (χ1v) is 8.72. The van der Waals surface area contributed by atoms with E-state index in [0.29, 0.717) is 10.6 Å². The third-order valence-electron chi connectivity index (χ3n) is 4.32. The molecule has 0 spiro atoms. The fourth-order valence-electron chi connectivity index (χ4n) is 3.18. The van der Waals surface area contributed by atoms with E-state index in [4.69, 9.17) is 5.73 Å². The van der Waals surface area contributed by atoms with Gasteiger partial charge in [0.25, 0.3) is 0 Å². The van der Waals surface area contributed by atoms with Crippen molar-refractivity contribution in [2.45, 2.75) is 44.4 Å². The van der Waals surface area contributed by atoms with Crippen LogP contribution in [0.25, 0.3) is 10.4 Å². The van der Waals surface area contributed by atoms with E-state index in [9.17, 15) is 5.26 Å². The molecule has 0 aliphatic heterocycles. The molecule has 3 rings (SSSR count). The molecular weight excluding hydrogens is 284 g/mol. The van der Waals surface area contributed by atoms with E-state index in [1.165, 1.54) is 41.9 Å². The summed E-state index contributed by atoms with van der Waals surface area (Å²) in [5.41, 5.74) is 8.26. The molecule has 2 N–H and O–H groups in total. The molecule has 2 aromatic rings. The number of hydrogen-bond donors (Lipinski definition) is 1. The number of nitrogens with two attached hydrogens (primary N) is 1. The second-order valence-corrected chi connectivity index (χ2v) is 7.73. The van der Waals surface area contributed by atoms with E-state index in [1.54, 1.807) is 22.7 Å². The van der Waals surface area contributed by atoms with Crippen molar-refractivity contribution in [2.24, 2.45) is 0 Å². The van der Waals surface area contributed by atoms with Crippen LogP contribution in [0.15, 0.2) is 17.5 Å². The fourth-order valence-corrected chi connectivity index (χ4v) is 5.27. The normalized spacial score (nSPS) is 17.8. The Morgan fingerprint density at radius 3 is 2.65 bits per heavy atom. The molecule has 1 aliphatic rings. The minimum Gasteiger partial charge on any atom is -0.396 e. The Bertz CT molecular complexity index is 641. The van der Waals surface area contributed by atoms with Crippen LogP contribution in [0.2, 0.25) is 0 Å². The average molecular weight is 302 g/mol. The van der Waals surface area contributed by atoms with E-state index < -0.39 is 0 Å². The summed E-state index contributed by atoms with van der Waals surface area (Å²) in [7, 11) is 0. The highest BCUT2D eigenvalue weighted by Gasteiger charge is 2.35. The first-order valence-electron chi connectivity index (χ1n) is 7.02. The number of nitrogens with zero attached hydrogens (tertiary/aromatic N) is 1. The van der Waals surface area contributed by atoms with Gasteiger partial charge in [-0.3, -0.25) is 0 Å². The maximum atomic E-state index is 9.32. The maximum absolute atomic E-state index is 9.32. The quantitative estimate of drug-likeness (QED) is 0.833. The Labute approximate surface area is 127 Å². The topological polar surface area (TPSA) is 49.8 Å². The molecule has 0 saturated heterocycles. The van der Waals surface area contributed by atoms with Gasteiger partial charge < -0.3 is 5.73 Å². The molecule has 20 heavy (non-hydrogen) atoms. The summed E-state index contributed by atoms with van der Waals surface area (Å²) in [4.78, 5) is 3.20. The van der Waals surface area contributed by atoms with Gasteiger partial charge in [0, 0.05) is 20.7 Å². The lowest BCUT2D eigenvalue weighted by Crippen LogP contribution is -2.24. The lowest BCUT2D eigenvalue weighted by Gasteiger charge is -2.33. The Hall–Kier alpha value is -1.31. The maximum Gasteiger partial charge on any atom is 0.128 e. The second-order valence-electron chi connectivity index (χ2n) is 5.76. The van der Waals surface area contributed by atoms with Crippen LogP contribution in [0.3, 0.4) is 0 Å². The van der Waals surface area contributed by atoms with Crippen molar-refractivity contribution in [3.8, 4) is 16.5 Å². The minimum atomic E-state index is 0.186. The number of nitrogen functional groups attached to an aromatic ring is 1. The monoisotopic (exact) mass is 302 g/mol. The van der Waals surface area contributed by atoms with Gasteiger partial charge in [0.1, 0.15) is 10.9 Å². The largest absolute Gasteiger partial charge is 0.396 e. The van der Waals surface area contributed by atoms with E-state index in [0.717, 1.165) is 5.56 Å². The Balaban J connectivity index is 2.17. The summed E-state index contributed by atoms with van der Waals surface area (Å²) in [6, 6.07) is 6.44. The lowest BCUT2D eigenvalue weighted by atomic mass is 9.73. The van der Waals surface area contributed by atoms with Gasteiger partial charge in [-0.15, -0.1) is 22.7 Å². The van der Waals surface area contributed by atoms with Gasteiger partial charge in [-0.05, 0) is 24.3 Å². The number of thiophene rings is 2. The van der Waals surface area contributed by atoms with Crippen molar-refractivity contribution < 1.29 is 0 Å². The number of hydrogen-bond acceptors (Lipinski definition) is 4. The molecule has 4 heteroatoms. The Kier molecular flexibility index (Phi) is 3.57. The summed E-state index contributed by atoms with van der Waals surface area (Å²) in [6.07, 6.45) is 6.29. The number of nitriles is 1. The molecule has 2 heterocycles. The van der Waals surface area contributed by atoms with Gasteiger partial charge >= 0.3 is 0 Å². The van der Waals surface area contributed by atoms with Gasteiger partial charge in [0.15, 0.2) is 0 Å². The number of anilines is 1. The molecule has 1 saturated carbocycles. The van der Waals surface area contributed by atoms with Crippen molar-refractivity contribution >= 4 is 28.4 Å².